The van der Waals surface area contributed by atoms with Gasteiger partial charge in [-0.15, -0.1) is 0 Å². The number of benzene rings is 1. The summed E-state index contributed by atoms with van der Waals surface area (Å²) in [6.07, 6.45) is 0.0309. The molecule has 0 radical (unpaired) electrons. The van der Waals surface area contributed by atoms with Crippen LogP contribution in [0.5, 0.6) is 0 Å². The van der Waals surface area contributed by atoms with Crippen LogP contribution >= 0.6 is 11.6 Å². The van der Waals surface area contributed by atoms with Crippen LogP contribution in [-0.2, 0) is 6.18 Å². The van der Waals surface area contributed by atoms with Crippen LogP contribution in [0.15, 0.2) is 36.5 Å². The molecule has 2 aromatic rings. The first-order valence-electron chi connectivity index (χ1n) is 9.25. The minimum Gasteiger partial charge on any atom is -0.384 e. The lowest BCUT2D eigenvalue weighted by Crippen LogP contribution is -2.38. The van der Waals surface area contributed by atoms with E-state index in [-0.39, 0.29) is 16.6 Å². The van der Waals surface area contributed by atoms with Crippen LogP contribution in [0.25, 0.3) is 0 Å². The van der Waals surface area contributed by atoms with Gasteiger partial charge in [0.2, 0.25) is 5.95 Å². The number of hydrogen-bond acceptors (Lipinski definition) is 3. The van der Waals surface area contributed by atoms with Gasteiger partial charge in [0.15, 0.2) is 0 Å². The van der Waals surface area contributed by atoms with E-state index in [1.54, 1.807) is 6.07 Å². The first-order valence-corrected chi connectivity index (χ1v) is 9.63. The molecule has 9 heteroatoms. The Morgan fingerprint density at radius 2 is 1.86 bits per heavy atom. The highest BCUT2D eigenvalue weighted by atomic mass is 35.5. The van der Waals surface area contributed by atoms with Crippen LogP contribution in [-0.4, -0.2) is 23.5 Å². The zero-order valence-electron chi connectivity index (χ0n) is 15.4. The number of hydrogen-bond donors (Lipinski definition) is 2. The standard InChI is InChI=1S/C20H20ClF4N3O/c21-17-7-3-13(20(23,24)25)9-16(17)19(29)28-14-4-1-12(2-5-14)10-26-15-6-8-18(22)27-11-15/h3,6-9,11-12,14,26H,1-2,4-5,10H2,(H,28,29). The van der Waals surface area contributed by atoms with E-state index in [4.69, 9.17) is 11.6 Å². The predicted molar refractivity (Wildman–Crippen MR) is 102 cm³/mol. The van der Waals surface area contributed by atoms with E-state index >= 15 is 0 Å². The molecule has 156 valence electrons. The highest BCUT2D eigenvalue weighted by Gasteiger charge is 2.32. The van der Waals surface area contributed by atoms with E-state index in [1.165, 1.54) is 12.3 Å². The van der Waals surface area contributed by atoms with Crippen molar-refractivity contribution in [1.82, 2.24) is 10.3 Å². The Bertz CT molecular complexity index is 850. The number of aromatic nitrogens is 1. The second kappa shape index (κ2) is 8.98. The minimum absolute atomic E-state index is 0.0127. The molecule has 3 rings (SSSR count). The molecule has 0 saturated heterocycles. The molecule has 1 heterocycles. The predicted octanol–water partition coefficient (Wildman–Crippen LogP) is 5.29. The van der Waals surface area contributed by atoms with Crippen molar-refractivity contribution >= 4 is 23.2 Å². The van der Waals surface area contributed by atoms with E-state index in [0.29, 0.717) is 12.5 Å². The maximum atomic E-state index is 12.9. The first-order chi connectivity index (χ1) is 13.7. The fourth-order valence-corrected chi connectivity index (χ4v) is 3.60. The highest BCUT2D eigenvalue weighted by Crippen LogP contribution is 2.32. The molecule has 0 aliphatic heterocycles. The summed E-state index contributed by atoms with van der Waals surface area (Å²) in [6, 6.07) is 5.52. The van der Waals surface area contributed by atoms with Gasteiger partial charge in [-0.1, -0.05) is 11.6 Å². The van der Waals surface area contributed by atoms with Gasteiger partial charge < -0.3 is 10.6 Å². The number of anilines is 1. The first kappa shape index (κ1) is 21.4. The second-order valence-electron chi connectivity index (χ2n) is 7.13. The molecule has 1 aliphatic rings. The summed E-state index contributed by atoms with van der Waals surface area (Å²) in [5, 5.41) is 5.99. The average molecular weight is 430 g/mol. The summed E-state index contributed by atoms with van der Waals surface area (Å²) in [6.45, 7) is 0.702. The minimum atomic E-state index is -4.54. The molecule has 1 fully saturated rings. The smallest absolute Gasteiger partial charge is 0.384 e. The van der Waals surface area contributed by atoms with Crippen LogP contribution in [0.1, 0.15) is 41.6 Å². The Morgan fingerprint density at radius 1 is 1.14 bits per heavy atom. The molecule has 1 amide bonds. The molecule has 29 heavy (non-hydrogen) atoms. The van der Waals surface area contributed by atoms with E-state index in [9.17, 15) is 22.4 Å². The van der Waals surface area contributed by atoms with Gasteiger partial charge in [0.1, 0.15) is 0 Å². The van der Waals surface area contributed by atoms with Gasteiger partial charge in [-0.25, -0.2) is 4.98 Å². The summed E-state index contributed by atoms with van der Waals surface area (Å²) in [5.74, 6) is -0.752. The zero-order chi connectivity index (χ0) is 21.0. The van der Waals surface area contributed by atoms with Gasteiger partial charge in [-0.05, 0) is 61.9 Å². The second-order valence-corrected chi connectivity index (χ2v) is 7.54. The Morgan fingerprint density at radius 3 is 2.48 bits per heavy atom. The lowest BCUT2D eigenvalue weighted by molar-refractivity contribution is -0.137. The van der Waals surface area contributed by atoms with E-state index in [0.717, 1.165) is 49.6 Å². The van der Waals surface area contributed by atoms with Crippen LogP contribution in [0.3, 0.4) is 0 Å². The van der Waals surface area contributed by atoms with Gasteiger partial charge >= 0.3 is 6.18 Å². The Balaban J connectivity index is 1.50. The van der Waals surface area contributed by atoms with Crippen molar-refractivity contribution in [1.29, 1.82) is 0 Å². The summed E-state index contributed by atoms with van der Waals surface area (Å²) in [7, 11) is 0. The van der Waals surface area contributed by atoms with Gasteiger partial charge in [0, 0.05) is 12.6 Å². The number of halogens is 5. The zero-order valence-corrected chi connectivity index (χ0v) is 16.2. The van der Waals surface area contributed by atoms with E-state index < -0.39 is 23.6 Å². The third-order valence-corrected chi connectivity index (χ3v) is 5.37. The van der Waals surface area contributed by atoms with Crippen LogP contribution < -0.4 is 10.6 Å². The van der Waals surface area contributed by atoms with Crippen molar-refractivity contribution in [2.45, 2.75) is 37.9 Å². The molecule has 1 saturated carbocycles. The third-order valence-electron chi connectivity index (χ3n) is 5.04. The molecular formula is C20H20ClF4N3O. The number of alkyl halides is 3. The molecule has 0 atom stereocenters. The maximum Gasteiger partial charge on any atom is 0.416 e. The fourth-order valence-electron chi connectivity index (χ4n) is 3.39. The summed E-state index contributed by atoms with van der Waals surface area (Å²) < 4.78 is 51.4. The molecule has 0 unspecified atom stereocenters. The van der Waals surface area contributed by atoms with Crippen molar-refractivity contribution in [3.63, 3.8) is 0 Å². The van der Waals surface area contributed by atoms with Crippen LogP contribution in [0.2, 0.25) is 5.02 Å². The number of carbonyl (C=O) groups is 1. The molecule has 4 nitrogen and oxygen atoms in total. The summed E-state index contributed by atoms with van der Waals surface area (Å²) in [5.41, 5.74) is -0.341. The SMILES string of the molecule is O=C(NC1CCC(CNc2ccc(F)nc2)CC1)c1cc(C(F)(F)F)ccc1Cl. The normalized spacial score (nSPS) is 19.6. The van der Waals surface area contributed by atoms with Gasteiger partial charge in [-0.3, -0.25) is 4.79 Å². The number of amides is 1. The van der Waals surface area contributed by atoms with Gasteiger partial charge in [0.05, 0.1) is 28.0 Å². The maximum absolute atomic E-state index is 12.9. The van der Waals surface area contributed by atoms with Gasteiger partial charge in [-0.2, -0.15) is 17.6 Å². The van der Waals surface area contributed by atoms with Crippen LogP contribution in [0.4, 0.5) is 23.2 Å². The van der Waals surface area contributed by atoms with Crippen LogP contribution in [0, 0.1) is 11.9 Å². The summed E-state index contributed by atoms with van der Waals surface area (Å²) >= 11 is 5.93. The molecule has 1 aliphatic carbocycles. The number of carbonyl (C=O) groups excluding carboxylic acids is 1. The Hall–Kier alpha value is -2.35. The lowest BCUT2D eigenvalue weighted by Gasteiger charge is -2.29. The monoisotopic (exact) mass is 429 g/mol. The number of nitrogens with one attached hydrogen (secondary N) is 2. The van der Waals surface area contributed by atoms with Gasteiger partial charge in [0.25, 0.3) is 5.91 Å². The average Bonchev–Trinajstić information content (AvgIpc) is 2.68. The largest absolute Gasteiger partial charge is 0.416 e. The Labute approximate surface area is 170 Å². The molecular weight excluding hydrogens is 410 g/mol. The number of pyridine rings is 1. The van der Waals surface area contributed by atoms with E-state index in [2.05, 4.69) is 15.6 Å². The molecule has 0 bridgehead atoms. The van der Waals surface area contributed by atoms with Crippen molar-refractivity contribution in [3.05, 3.63) is 58.6 Å². The van der Waals surface area contributed by atoms with Crippen molar-refractivity contribution in [2.75, 3.05) is 11.9 Å². The molecule has 1 aromatic heterocycles. The number of rotatable bonds is 5. The topological polar surface area (TPSA) is 54.0 Å². The Kier molecular flexibility index (Phi) is 6.62. The van der Waals surface area contributed by atoms with Crippen molar-refractivity contribution < 1.29 is 22.4 Å². The van der Waals surface area contributed by atoms with Crippen molar-refractivity contribution in [2.24, 2.45) is 5.92 Å². The van der Waals surface area contributed by atoms with Crippen molar-refractivity contribution in [3.8, 4) is 0 Å². The fraction of sp³-hybridized carbons (Fsp3) is 0.400. The lowest BCUT2D eigenvalue weighted by atomic mass is 9.86. The quantitative estimate of drug-likeness (QED) is 0.501. The third kappa shape index (κ3) is 5.82. The molecule has 1 aromatic carbocycles. The highest BCUT2D eigenvalue weighted by molar-refractivity contribution is 6.33. The van der Waals surface area contributed by atoms with E-state index in [1.807, 2.05) is 0 Å². The summed E-state index contributed by atoms with van der Waals surface area (Å²) in [4.78, 5) is 16.0. The number of nitrogens with zero attached hydrogens (tertiary/aromatic N) is 1. The molecule has 0 spiro atoms. The molecule has 2 N–H and O–H groups in total.